The molecule has 0 heterocycles. The Morgan fingerprint density at radius 2 is 1.64 bits per heavy atom. The minimum absolute atomic E-state index is 0.0329. The summed E-state index contributed by atoms with van der Waals surface area (Å²) >= 11 is 4.66. The van der Waals surface area contributed by atoms with Crippen molar-refractivity contribution in [2.75, 3.05) is 0 Å². The molecule has 1 radical (unpaired) electrons. The number of thiol groups is 1. The highest BCUT2D eigenvalue weighted by molar-refractivity contribution is 7.81. The number of Topliss-reactive ketones (excluding diaryl/α,β-unsaturated/α-hetero) is 1. The lowest BCUT2D eigenvalue weighted by atomic mass is 9.66. The largest absolute Gasteiger partial charge is 0.428 e. The predicted octanol–water partition coefficient (Wildman–Crippen LogP) is 5.81. The highest BCUT2D eigenvalue weighted by atomic mass is 32.1. The van der Waals surface area contributed by atoms with Crippen LogP contribution in [-0.2, 0) is 14.9 Å². The number of ketones is 1. The molecule has 0 aliphatic heterocycles. The third kappa shape index (κ3) is 5.66. The number of hydrogen-bond acceptors (Lipinski definition) is 3. The van der Waals surface area contributed by atoms with Crippen LogP contribution in [0.5, 0.6) is 0 Å². The van der Waals surface area contributed by atoms with Gasteiger partial charge in [-0.1, -0.05) is 64.2 Å². The van der Waals surface area contributed by atoms with Crippen molar-refractivity contribution in [3.05, 3.63) is 29.3 Å². The highest BCUT2D eigenvalue weighted by Gasteiger charge is 2.40. The Labute approximate surface area is 179 Å². The first kappa shape index (κ1) is 25.3. The number of aryl methyl sites for hydroxylation is 1. The van der Waals surface area contributed by atoms with E-state index in [-0.39, 0.29) is 16.1 Å². The van der Waals surface area contributed by atoms with Crippen LogP contribution in [-0.4, -0.2) is 23.6 Å². The van der Waals surface area contributed by atoms with Crippen molar-refractivity contribution in [3.63, 3.8) is 0 Å². The van der Waals surface area contributed by atoms with Crippen LogP contribution >= 0.6 is 12.6 Å². The standard InChI is InChI=1S/C24H40BO2S/c1-10-14-24(15-11-2,21(26)17(3)4)20-13-12-19(16-18(20)5)25-27-22(6,7)23(8,9)28/h12-13,16-17,28H,10-11,14-15H2,1-9H3. The average Bonchev–Trinajstić information content (AvgIpc) is 2.58. The normalized spacial score (nSPS) is 13.1. The summed E-state index contributed by atoms with van der Waals surface area (Å²) in [5, 5.41) is 0. The third-order valence-electron chi connectivity index (χ3n) is 6.08. The lowest BCUT2D eigenvalue weighted by Crippen LogP contribution is -2.46. The van der Waals surface area contributed by atoms with E-state index in [9.17, 15) is 4.79 Å². The topological polar surface area (TPSA) is 26.3 Å². The maximum absolute atomic E-state index is 13.3. The monoisotopic (exact) mass is 403 g/mol. The summed E-state index contributed by atoms with van der Waals surface area (Å²) in [6.45, 7) is 18.7. The van der Waals surface area contributed by atoms with Crippen molar-refractivity contribution >= 4 is 31.4 Å². The number of carbonyl (C=O) groups is 1. The minimum Gasteiger partial charge on any atom is -0.428 e. The van der Waals surface area contributed by atoms with Gasteiger partial charge in [0.25, 0.3) is 0 Å². The lowest BCUT2D eigenvalue weighted by molar-refractivity contribution is -0.128. The molecule has 0 amide bonds. The van der Waals surface area contributed by atoms with E-state index >= 15 is 0 Å². The molecular weight excluding hydrogens is 363 g/mol. The molecule has 0 fully saturated rings. The maximum Gasteiger partial charge on any atom is 0.330 e. The molecule has 0 aliphatic carbocycles. The summed E-state index contributed by atoms with van der Waals surface area (Å²) in [4.78, 5) is 13.3. The zero-order valence-corrected chi connectivity index (χ0v) is 20.4. The van der Waals surface area contributed by atoms with E-state index in [2.05, 4.69) is 65.4 Å². The number of rotatable bonds is 11. The predicted molar refractivity (Wildman–Crippen MR) is 126 cm³/mol. The number of hydrogen-bond donors (Lipinski definition) is 1. The van der Waals surface area contributed by atoms with Crippen LogP contribution in [0.3, 0.4) is 0 Å². The van der Waals surface area contributed by atoms with E-state index in [1.54, 1.807) is 0 Å². The van der Waals surface area contributed by atoms with Gasteiger partial charge in [-0.05, 0) is 58.6 Å². The van der Waals surface area contributed by atoms with Gasteiger partial charge in [0.1, 0.15) is 5.78 Å². The number of carbonyl (C=O) groups excluding carboxylic acids is 1. The summed E-state index contributed by atoms with van der Waals surface area (Å²) in [6, 6.07) is 6.37. The van der Waals surface area contributed by atoms with Gasteiger partial charge in [0.2, 0.25) is 0 Å². The molecule has 28 heavy (non-hydrogen) atoms. The second-order valence-corrected chi connectivity index (χ2v) is 10.6. The SMILES string of the molecule is CCCC(CCC)(C(=O)C(C)C)c1ccc([B]OC(C)(C)C(C)(C)S)cc1C. The van der Waals surface area contributed by atoms with Gasteiger partial charge in [-0.15, -0.1) is 0 Å². The Morgan fingerprint density at radius 1 is 1.11 bits per heavy atom. The van der Waals surface area contributed by atoms with Gasteiger partial charge in [-0.25, -0.2) is 0 Å². The van der Waals surface area contributed by atoms with Crippen LogP contribution in [0.1, 0.15) is 92.2 Å². The minimum atomic E-state index is -0.398. The van der Waals surface area contributed by atoms with E-state index in [1.165, 1.54) is 5.56 Å². The zero-order valence-electron chi connectivity index (χ0n) is 19.5. The van der Waals surface area contributed by atoms with Crippen molar-refractivity contribution in [3.8, 4) is 0 Å². The smallest absolute Gasteiger partial charge is 0.330 e. The van der Waals surface area contributed by atoms with Crippen LogP contribution in [0.2, 0.25) is 0 Å². The molecule has 1 aromatic carbocycles. The highest BCUT2D eigenvalue weighted by Crippen LogP contribution is 2.39. The van der Waals surface area contributed by atoms with Crippen molar-refractivity contribution in [1.82, 2.24) is 0 Å². The summed E-state index contributed by atoms with van der Waals surface area (Å²) in [7, 11) is 1.82. The van der Waals surface area contributed by atoms with Crippen molar-refractivity contribution in [1.29, 1.82) is 0 Å². The average molecular weight is 403 g/mol. The van der Waals surface area contributed by atoms with E-state index in [0.717, 1.165) is 36.7 Å². The van der Waals surface area contributed by atoms with Gasteiger partial charge in [0, 0.05) is 10.7 Å². The first-order valence-corrected chi connectivity index (χ1v) is 11.2. The van der Waals surface area contributed by atoms with Crippen LogP contribution in [0.15, 0.2) is 18.2 Å². The Hall–Kier alpha value is -0.735. The Bertz CT molecular complexity index is 653. The van der Waals surface area contributed by atoms with Gasteiger partial charge < -0.3 is 4.65 Å². The van der Waals surface area contributed by atoms with Crippen LogP contribution in [0.4, 0.5) is 0 Å². The second-order valence-electron chi connectivity index (χ2n) is 9.48. The molecule has 0 bridgehead atoms. The van der Waals surface area contributed by atoms with Gasteiger partial charge in [0.05, 0.1) is 11.0 Å². The van der Waals surface area contributed by atoms with E-state index in [1.807, 2.05) is 35.2 Å². The molecule has 0 aliphatic rings. The Kier molecular flexibility index (Phi) is 8.90. The molecule has 0 atom stereocenters. The molecule has 0 N–H and O–H groups in total. The van der Waals surface area contributed by atoms with Crippen LogP contribution < -0.4 is 5.46 Å². The van der Waals surface area contributed by atoms with Crippen molar-refractivity contribution in [2.24, 2.45) is 5.92 Å². The Balaban J connectivity index is 3.25. The lowest BCUT2D eigenvalue weighted by Gasteiger charge is -2.38. The van der Waals surface area contributed by atoms with Crippen LogP contribution in [0, 0.1) is 12.8 Å². The fourth-order valence-electron chi connectivity index (χ4n) is 3.84. The molecule has 157 valence electrons. The molecular formula is C24H40BO2S. The second kappa shape index (κ2) is 9.85. The summed E-state index contributed by atoms with van der Waals surface area (Å²) in [5.41, 5.74) is 2.58. The van der Waals surface area contributed by atoms with Gasteiger partial charge in [-0.3, -0.25) is 4.79 Å². The van der Waals surface area contributed by atoms with Gasteiger partial charge in [-0.2, -0.15) is 12.6 Å². The molecule has 0 saturated heterocycles. The molecule has 1 aromatic rings. The molecule has 0 aromatic heterocycles. The third-order valence-corrected chi connectivity index (χ3v) is 6.62. The zero-order chi connectivity index (χ0) is 21.8. The fourth-order valence-corrected chi connectivity index (χ4v) is 3.89. The molecule has 2 nitrogen and oxygen atoms in total. The first-order chi connectivity index (χ1) is 12.8. The molecule has 1 rings (SSSR count). The van der Waals surface area contributed by atoms with Crippen molar-refractivity contribution < 1.29 is 9.45 Å². The Morgan fingerprint density at radius 3 is 2.04 bits per heavy atom. The maximum atomic E-state index is 13.3. The van der Waals surface area contributed by atoms with Gasteiger partial charge >= 0.3 is 7.48 Å². The van der Waals surface area contributed by atoms with E-state index in [4.69, 9.17) is 4.65 Å². The quantitative estimate of drug-likeness (QED) is 0.373. The number of benzene rings is 1. The molecule has 0 spiro atoms. The molecule has 0 unspecified atom stereocenters. The van der Waals surface area contributed by atoms with E-state index < -0.39 is 5.60 Å². The first-order valence-electron chi connectivity index (χ1n) is 10.7. The van der Waals surface area contributed by atoms with Crippen LogP contribution in [0.25, 0.3) is 0 Å². The molecule has 0 saturated carbocycles. The summed E-state index contributed by atoms with van der Waals surface area (Å²) in [5.74, 6) is 0.399. The molecule has 4 heteroatoms. The summed E-state index contributed by atoms with van der Waals surface area (Å²) < 4.78 is 5.81. The summed E-state index contributed by atoms with van der Waals surface area (Å²) in [6.07, 6.45) is 3.80. The fraction of sp³-hybridized carbons (Fsp3) is 0.708. The van der Waals surface area contributed by atoms with Crippen molar-refractivity contribution in [2.45, 2.75) is 104 Å². The van der Waals surface area contributed by atoms with Gasteiger partial charge in [0.15, 0.2) is 0 Å². The van der Waals surface area contributed by atoms with E-state index in [0.29, 0.717) is 5.78 Å².